The Kier molecular flexibility index (Phi) is 20.4. The first-order valence-electron chi connectivity index (χ1n) is 11.4. The van der Waals surface area contributed by atoms with E-state index in [1.54, 1.807) is 21.0 Å². The second-order valence-electron chi connectivity index (χ2n) is 7.70. The van der Waals surface area contributed by atoms with E-state index >= 15 is 0 Å². The number of carbonyl (C=O) groups excluding carboxylic acids is 1. The van der Waals surface area contributed by atoms with Gasteiger partial charge in [-0.1, -0.05) is 38.5 Å². The quantitative estimate of drug-likeness (QED) is 0.132. The molecule has 0 saturated heterocycles. The molecule has 1 atom stereocenters. The Bertz CT molecular complexity index is 914. The van der Waals surface area contributed by atoms with Crippen LogP contribution in [0.3, 0.4) is 0 Å². The minimum Gasteiger partial charge on any atom is -0.496 e. The third kappa shape index (κ3) is 18.1. The van der Waals surface area contributed by atoms with Crippen LogP contribution in [0.2, 0.25) is 0 Å². The number of carbonyl (C=O) groups is 3. The maximum Gasteiger partial charge on any atom is 0.320 e. The lowest BCUT2D eigenvalue weighted by Gasteiger charge is -2.03. The molecule has 8 N–H and O–H groups in total. The van der Waals surface area contributed by atoms with Crippen LogP contribution in [0, 0.1) is 16.0 Å². The number of ether oxygens (including phenoxy) is 1. The predicted molar refractivity (Wildman–Crippen MR) is 140 cm³/mol. The number of non-ortho nitro benzene ring substituents is 1. The summed E-state index contributed by atoms with van der Waals surface area (Å²) in [5.74, 6) is -1.04. The van der Waals surface area contributed by atoms with Gasteiger partial charge in [-0.15, -0.1) is 0 Å². The van der Waals surface area contributed by atoms with Gasteiger partial charge < -0.3 is 32.2 Å². The van der Waals surface area contributed by atoms with Crippen molar-refractivity contribution in [1.82, 2.24) is 0 Å². The van der Waals surface area contributed by atoms with Crippen molar-refractivity contribution in [3.63, 3.8) is 0 Å². The number of methoxy groups -OCH3 is 1. The Hall–Kier alpha value is -3.87. The van der Waals surface area contributed by atoms with Crippen molar-refractivity contribution in [2.45, 2.75) is 45.7 Å². The molecule has 0 aliphatic carbocycles. The van der Waals surface area contributed by atoms with Gasteiger partial charge in [0.15, 0.2) is 0 Å². The molecule has 12 nitrogen and oxygen atoms in total. The molecule has 0 spiro atoms. The first-order valence-corrected chi connectivity index (χ1v) is 11.4. The number of rotatable bonds is 10. The number of aliphatic carboxylic acids is 2. The smallest absolute Gasteiger partial charge is 0.320 e. The highest BCUT2D eigenvalue weighted by Gasteiger charge is 2.09. The zero-order valence-electron chi connectivity index (χ0n) is 21.4. The van der Waals surface area contributed by atoms with E-state index in [2.05, 4.69) is 0 Å². The van der Waals surface area contributed by atoms with E-state index < -0.39 is 22.9 Å². The third-order valence-corrected chi connectivity index (χ3v) is 4.43. The lowest BCUT2D eigenvalue weighted by molar-refractivity contribution is -0.384. The lowest BCUT2D eigenvalue weighted by Crippen LogP contribution is -2.29. The van der Waals surface area contributed by atoms with Gasteiger partial charge in [0.2, 0.25) is 0 Å². The number of nitro groups is 1. The third-order valence-electron chi connectivity index (χ3n) is 4.43. The Morgan fingerprint density at radius 1 is 1.03 bits per heavy atom. The van der Waals surface area contributed by atoms with E-state index in [4.69, 9.17) is 32.2 Å². The van der Waals surface area contributed by atoms with Gasteiger partial charge in [0.1, 0.15) is 18.1 Å². The van der Waals surface area contributed by atoms with Gasteiger partial charge in [0.25, 0.3) is 5.69 Å². The molecule has 0 bridgehead atoms. The first-order chi connectivity index (χ1) is 17.4. The normalized spacial score (nSPS) is 10.2. The number of nitrogens with zero attached hydrogens (tertiary/aromatic N) is 1. The molecule has 12 heteroatoms. The Balaban J connectivity index is 0. The Labute approximate surface area is 216 Å². The summed E-state index contributed by atoms with van der Waals surface area (Å²) >= 11 is 0. The molecule has 37 heavy (non-hydrogen) atoms. The molecule has 2 rings (SSSR count). The average Bonchev–Trinajstić information content (AvgIpc) is 2.89. The van der Waals surface area contributed by atoms with Crippen LogP contribution >= 0.6 is 0 Å². The molecular formula is C25H38N4O8. The highest BCUT2D eigenvalue weighted by molar-refractivity contribution is 5.75. The van der Waals surface area contributed by atoms with Crippen molar-refractivity contribution < 1.29 is 34.3 Å². The number of hydrogen-bond acceptors (Lipinski definition) is 9. The van der Waals surface area contributed by atoms with Crippen LogP contribution < -0.4 is 21.9 Å². The molecule has 0 aromatic heterocycles. The van der Waals surface area contributed by atoms with Crippen molar-refractivity contribution in [2.24, 2.45) is 23.1 Å². The van der Waals surface area contributed by atoms with Crippen LogP contribution in [-0.4, -0.2) is 53.1 Å². The monoisotopic (exact) mass is 522 g/mol. The average molecular weight is 523 g/mol. The number of aldehydes is 1. The minimum absolute atomic E-state index is 0.00407. The SMILES string of the molecule is CC(C)C(=O)O.COc1ccccc1CN.NCCCC[C@H](N)C(=O)O.O=Cc1ccc([N+](=O)[O-])cc1. The fourth-order valence-electron chi connectivity index (χ4n) is 2.18. The van der Waals surface area contributed by atoms with Crippen LogP contribution in [0.1, 0.15) is 49.0 Å². The molecule has 2 aromatic carbocycles. The topological polar surface area (TPSA) is 222 Å². The number of nitrogens with two attached hydrogens (primary N) is 3. The molecule has 0 unspecified atom stereocenters. The van der Waals surface area contributed by atoms with Crippen molar-refractivity contribution in [3.8, 4) is 5.75 Å². The molecule has 0 amide bonds. The number of nitro benzene ring substituents is 1. The number of benzene rings is 2. The van der Waals surface area contributed by atoms with Crippen LogP contribution in [0.5, 0.6) is 5.75 Å². The van der Waals surface area contributed by atoms with E-state index in [1.807, 2.05) is 24.3 Å². The number of unbranched alkanes of at least 4 members (excludes halogenated alkanes) is 1. The van der Waals surface area contributed by atoms with Crippen molar-refractivity contribution >= 4 is 23.9 Å². The summed E-state index contributed by atoms with van der Waals surface area (Å²) in [6.45, 7) is 4.42. The van der Waals surface area contributed by atoms with Gasteiger partial charge in [-0.05, 0) is 37.6 Å². The summed E-state index contributed by atoms with van der Waals surface area (Å²) in [7, 11) is 1.65. The highest BCUT2D eigenvalue weighted by atomic mass is 16.6. The van der Waals surface area contributed by atoms with E-state index in [9.17, 15) is 24.5 Å². The molecule has 0 radical (unpaired) electrons. The maximum atomic E-state index is 10.1. The highest BCUT2D eigenvalue weighted by Crippen LogP contribution is 2.15. The maximum absolute atomic E-state index is 10.1. The standard InChI is InChI=1S/C8H11NO.C7H5NO3.C6H14N2O2.C4H8O2/c1-10-8-5-3-2-4-7(8)6-9;9-5-6-1-3-7(4-2-6)8(10)11;7-4-2-1-3-5(8)6(9)10;1-3(2)4(5)6/h2-5H,6,9H2,1H3;1-5H;5H,1-4,7-8H2,(H,9,10);3H,1-2H3,(H,5,6)/t;;5-;/m..0./s1. The summed E-state index contributed by atoms with van der Waals surface area (Å²) in [6.07, 6.45) is 2.81. The van der Waals surface area contributed by atoms with Gasteiger partial charge in [-0.3, -0.25) is 24.5 Å². The molecule has 0 heterocycles. The lowest BCUT2D eigenvalue weighted by atomic mass is 10.1. The van der Waals surface area contributed by atoms with Gasteiger partial charge in [0, 0.05) is 29.8 Å². The first kappa shape index (κ1) is 35.3. The number of hydrogen-bond donors (Lipinski definition) is 5. The van der Waals surface area contributed by atoms with Crippen molar-refractivity contribution in [1.29, 1.82) is 0 Å². The van der Waals surface area contributed by atoms with Crippen LogP contribution in [0.4, 0.5) is 5.69 Å². The van der Waals surface area contributed by atoms with Gasteiger partial charge >= 0.3 is 11.9 Å². The molecule has 0 aliphatic heterocycles. The van der Waals surface area contributed by atoms with Crippen LogP contribution in [0.25, 0.3) is 0 Å². The van der Waals surface area contributed by atoms with Crippen molar-refractivity contribution in [2.75, 3.05) is 13.7 Å². The van der Waals surface area contributed by atoms with Crippen molar-refractivity contribution in [3.05, 3.63) is 69.8 Å². The van der Waals surface area contributed by atoms with E-state index in [0.29, 0.717) is 31.4 Å². The van der Waals surface area contributed by atoms with Crippen LogP contribution in [-0.2, 0) is 16.1 Å². The summed E-state index contributed by atoms with van der Waals surface area (Å²) in [4.78, 5) is 39.6. The summed E-state index contributed by atoms with van der Waals surface area (Å²) in [5.41, 5.74) is 17.3. The molecule has 0 fully saturated rings. The fraction of sp³-hybridized carbons (Fsp3) is 0.400. The second kappa shape index (κ2) is 21.4. The number of carboxylic acid groups (broad SMARTS) is 2. The molecule has 0 saturated carbocycles. The van der Waals surface area contributed by atoms with E-state index in [-0.39, 0.29) is 11.6 Å². The second-order valence-corrected chi connectivity index (χ2v) is 7.70. The molecule has 2 aromatic rings. The van der Waals surface area contributed by atoms with Gasteiger partial charge in [-0.2, -0.15) is 0 Å². The van der Waals surface area contributed by atoms with E-state index in [1.165, 1.54) is 24.3 Å². The van der Waals surface area contributed by atoms with Crippen LogP contribution in [0.15, 0.2) is 48.5 Å². The Morgan fingerprint density at radius 2 is 1.57 bits per heavy atom. The van der Waals surface area contributed by atoms with Gasteiger partial charge in [0.05, 0.1) is 18.0 Å². The minimum atomic E-state index is -0.933. The van der Waals surface area contributed by atoms with E-state index in [0.717, 1.165) is 24.2 Å². The molecular weight excluding hydrogens is 484 g/mol. The number of para-hydroxylation sites is 1. The number of carboxylic acids is 2. The molecule has 0 aliphatic rings. The summed E-state index contributed by atoms with van der Waals surface area (Å²) in [5, 5.41) is 26.4. The summed E-state index contributed by atoms with van der Waals surface area (Å²) in [6, 6.07) is 12.4. The zero-order valence-corrected chi connectivity index (χ0v) is 21.4. The largest absolute Gasteiger partial charge is 0.496 e. The fourth-order valence-corrected chi connectivity index (χ4v) is 2.18. The van der Waals surface area contributed by atoms with Gasteiger partial charge in [-0.25, -0.2) is 0 Å². The summed E-state index contributed by atoms with van der Waals surface area (Å²) < 4.78 is 5.06. The molecule has 206 valence electrons. The Morgan fingerprint density at radius 3 is 1.92 bits per heavy atom. The zero-order chi connectivity index (χ0) is 28.8. The predicted octanol–water partition coefficient (Wildman–Crippen LogP) is 2.82.